The van der Waals surface area contributed by atoms with Crippen LogP contribution in [0.4, 0.5) is 4.79 Å². The van der Waals surface area contributed by atoms with Crippen LogP contribution in [0.5, 0.6) is 0 Å². The maximum absolute atomic E-state index is 13.5. The van der Waals surface area contributed by atoms with E-state index in [0.717, 1.165) is 27.8 Å². The third kappa shape index (κ3) is 2.73. The Kier molecular flexibility index (Phi) is 4.28. The lowest BCUT2D eigenvalue weighted by molar-refractivity contribution is -0.132. The number of aromatic nitrogens is 1. The first-order chi connectivity index (χ1) is 15.0. The van der Waals surface area contributed by atoms with Crippen LogP contribution in [0.1, 0.15) is 39.2 Å². The molecule has 7 nitrogen and oxygen atoms in total. The minimum Gasteiger partial charge on any atom is -0.465 e. The number of benzene rings is 2. The molecule has 156 valence electrons. The number of pyridine rings is 1. The Morgan fingerprint density at radius 1 is 1.16 bits per heavy atom. The molecular formula is C24H21N3O4. The highest BCUT2D eigenvalue weighted by Gasteiger charge is 2.55. The molecule has 3 amide bonds. The van der Waals surface area contributed by atoms with Gasteiger partial charge in [0.15, 0.2) is 0 Å². The number of esters is 1. The second-order valence-electron chi connectivity index (χ2n) is 7.95. The molecule has 1 spiro atoms. The Balaban J connectivity index is 1.58. The number of nitrogens with one attached hydrogen (secondary N) is 1. The molecule has 1 aromatic heterocycles. The van der Waals surface area contributed by atoms with E-state index in [2.05, 4.69) is 10.3 Å². The van der Waals surface area contributed by atoms with Crippen LogP contribution in [-0.4, -0.2) is 34.9 Å². The normalized spacial score (nSPS) is 19.7. The first-order valence-corrected chi connectivity index (χ1v) is 10.2. The molecule has 1 fully saturated rings. The summed E-state index contributed by atoms with van der Waals surface area (Å²) in [6, 6.07) is 14.6. The van der Waals surface area contributed by atoms with E-state index in [0.29, 0.717) is 23.2 Å². The van der Waals surface area contributed by atoms with Gasteiger partial charge in [0.05, 0.1) is 30.4 Å². The number of hydrogen-bond donors (Lipinski definition) is 1. The summed E-state index contributed by atoms with van der Waals surface area (Å²) in [7, 11) is 1.30. The molecule has 7 heteroatoms. The highest BCUT2D eigenvalue weighted by Crippen LogP contribution is 2.41. The van der Waals surface area contributed by atoms with E-state index in [1.807, 2.05) is 55.5 Å². The maximum atomic E-state index is 13.5. The molecule has 2 heterocycles. The van der Waals surface area contributed by atoms with E-state index in [4.69, 9.17) is 4.74 Å². The number of aryl methyl sites for hydroxylation is 2. The number of ether oxygens (including phenoxy) is 1. The summed E-state index contributed by atoms with van der Waals surface area (Å²) in [5, 5.41) is 3.74. The zero-order chi connectivity index (χ0) is 21.8. The van der Waals surface area contributed by atoms with E-state index in [1.165, 1.54) is 7.11 Å². The number of nitrogens with zero attached hydrogens (tertiary/aromatic N) is 2. The second kappa shape index (κ2) is 6.91. The van der Waals surface area contributed by atoms with Gasteiger partial charge < -0.3 is 10.1 Å². The van der Waals surface area contributed by atoms with Crippen LogP contribution in [0.3, 0.4) is 0 Å². The van der Waals surface area contributed by atoms with Gasteiger partial charge in [0.2, 0.25) is 0 Å². The zero-order valence-corrected chi connectivity index (χ0v) is 17.3. The molecule has 1 aliphatic carbocycles. The van der Waals surface area contributed by atoms with Crippen molar-refractivity contribution >= 4 is 28.8 Å². The quantitative estimate of drug-likeness (QED) is 0.524. The summed E-state index contributed by atoms with van der Waals surface area (Å²) in [4.78, 5) is 44.8. The van der Waals surface area contributed by atoms with Gasteiger partial charge in [-0.25, -0.2) is 14.6 Å². The lowest BCUT2D eigenvalue weighted by atomic mass is 9.92. The molecule has 1 N–H and O–H groups in total. The fraction of sp³-hybridized carbons (Fsp3) is 0.250. The molecule has 0 radical (unpaired) electrons. The molecule has 3 aromatic rings. The predicted molar refractivity (Wildman–Crippen MR) is 113 cm³/mol. The van der Waals surface area contributed by atoms with E-state index in [9.17, 15) is 14.4 Å². The number of imide groups is 1. The Morgan fingerprint density at radius 2 is 1.90 bits per heavy atom. The molecule has 1 aliphatic heterocycles. The Bertz CT molecular complexity index is 1270. The van der Waals surface area contributed by atoms with E-state index >= 15 is 0 Å². The lowest BCUT2D eigenvalue weighted by Crippen LogP contribution is -2.41. The van der Waals surface area contributed by atoms with Crippen LogP contribution in [0, 0.1) is 6.92 Å². The average Bonchev–Trinajstić information content (AvgIpc) is 3.26. The van der Waals surface area contributed by atoms with Crippen molar-refractivity contribution in [3.63, 3.8) is 0 Å². The summed E-state index contributed by atoms with van der Waals surface area (Å²) in [6.07, 6.45) is 1.23. The van der Waals surface area contributed by atoms with Crippen LogP contribution in [0.2, 0.25) is 0 Å². The largest absolute Gasteiger partial charge is 0.465 e. The van der Waals surface area contributed by atoms with Gasteiger partial charge in [0, 0.05) is 5.39 Å². The van der Waals surface area contributed by atoms with Crippen LogP contribution >= 0.6 is 0 Å². The summed E-state index contributed by atoms with van der Waals surface area (Å²) < 4.78 is 4.98. The van der Waals surface area contributed by atoms with E-state index in [1.54, 1.807) is 0 Å². The molecule has 2 aliphatic rings. The first-order valence-electron chi connectivity index (χ1n) is 10.2. The number of fused-ring (bicyclic) bond motifs is 3. The summed E-state index contributed by atoms with van der Waals surface area (Å²) >= 11 is 0. The number of hydrogen-bond acceptors (Lipinski definition) is 5. The van der Waals surface area contributed by atoms with Crippen LogP contribution < -0.4 is 5.32 Å². The first kappa shape index (κ1) is 19.2. The van der Waals surface area contributed by atoms with Gasteiger partial charge in [-0.2, -0.15) is 0 Å². The number of methoxy groups -OCH3 is 1. The van der Waals surface area contributed by atoms with Crippen molar-refractivity contribution in [3.05, 3.63) is 76.5 Å². The molecule has 31 heavy (non-hydrogen) atoms. The molecule has 0 bridgehead atoms. The molecule has 1 saturated heterocycles. The fourth-order valence-electron chi connectivity index (χ4n) is 4.81. The summed E-state index contributed by atoms with van der Waals surface area (Å²) in [5.74, 6) is -0.857. The summed E-state index contributed by atoms with van der Waals surface area (Å²) in [6.45, 7) is 1.71. The van der Waals surface area contributed by atoms with Crippen molar-refractivity contribution in [2.45, 2.75) is 31.8 Å². The number of amides is 3. The topological polar surface area (TPSA) is 88.6 Å². The van der Waals surface area contributed by atoms with Crippen molar-refractivity contribution in [1.82, 2.24) is 15.2 Å². The van der Waals surface area contributed by atoms with Crippen molar-refractivity contribution in [2.24, 2.45) is 0 Å². The standard InChI is InChI=1S/C24H21N3O4/c1-14-16-8-4-6-10-18(16)25-19(20(14)21(28)31-2)13-27-22(29)24(26-23(27)30)12-11-15-7-3-5-9-17(15)24/h3-10H,11-13H2,1-2H3,(H,26,30)/t24-/m0/s1. The van der Waals surface area contributed by atoms with Crippen molar-refractivity contribution in [1.29, 1.82) is 0 Å². The Morgan fingerprint density at radius 3 is 2.71 bits per heavy atom. The lowest BCUT2D eigenvalue weighted by Gasteiger charge is -2.22. The monoisotopic (exact) mass is 415 g/mol. The second-order valence-corrected chi connectivity index (χ2v) is 7.95. The van der Waals surface area contributed by atoms with Gasteiger partial charge >= 0.3 is 12.0 Å². The molecule has 5 rings (SSSR count). The van der Waals surface area contributed by atoms with E-state index < -0.39 is 17.5 Å². The van der Waals surface area contributed by atoms with Crippen LogP contribution in [0.15, 0.2) is 48.5 Å². The fourth-order valence-corrected chi connectivity index (χ4v) is 4.81. The van der Waals surface area contributed by atoms with Crippen LogP contribution in [-0.2, 0) is 28.0 Å². The molecular weight excluding hydrogens is 394 g/mol. The van der Waals surface area contributed by atoms with Gasteiger partial charge in [0.25, 0.3) is 5.91 Å². The van der Waals surface area contributed by atoms with Crippen molar-refractivity contribution < 1.29 is 19.1 Å². The van der Waals surface area contributed by atoms with Gasteiger partial charge in [-0.15, -0.1) is 0 Å². The smallest absolute Gasteiger partial charge is 0.340 e. The number of rotatable bonds is 3. The van der Waals surface area contributed by atoms with Crippen molar-refractivity contribution in [2.75, 3.05) is 7.11 Å². The SMILES string of the molecule is COC(=O)c1c(CN2C(=O)N[C@]3(CCc4ccccc43)C2=O)nc2ccccc2c1C. The molecule has 1 atom stereocenters. The average molecular weight is 415 g/mol. The third-order valence-corrected chi connectivity index (χ3v) is 6.35. The Hall–Kier alpha value is -3.74. The van der Waals surface area contributed by atoms with Gasteiger partial charge in [-0.1, -0.05) is 42.5 Å². The highest BCUT2D eigenvalue weighted by molar-refractivity contribution is 6.08. The molecule has 0 unspecified atom stereocenters. The predicted octanol–water partition coefficient (Wildman–Crippen LogP) is 3.22. The number of para-hydroxylation sites is 1. The minimum atomic E-state index is -1.05. The van der Waals surface area contributed by atoms with Crippen LogP contribution in [0.25, 0.3) is 10.9 Å². The van der Waals surface area contributed by atoms with Gasteiger partial charge in [-0.05, 0) is 42.5 Å². The highest BCUT2D eigenvalue weighted by atomic mass is 16.5. The maximum Gasteiger partial charge on any atom is 0.340 e. The molecule has 2 aromatic carbocycles. The van der Waals surface area contributed by atoms with E-state index in [-0.39, 0.29) is 18.0 Å². The number of carbonyl (C=O) groups excluding carboxylic acids is 3. The number of carbonyl (C=O) groups is 3. The number of urea groups is 1. The summed E-state index contributed by atoms with van der Waals surface area (Å²) in [5.41, 5.74) is 2.88. The molecule has 0 saturated carbocycles. The van der Waals surface area contributed by atoms with Gasteiger partial charge in [-0.3, -0.25) is 9.69 Å². The zero-order valence-electron chi connectivity index (χ0n) is 17.3. The third-order valence-electron chi connectivity index (χ3n) is 6.35. The Labute approximate surface area is 179 Å². The van der Waals surface area contributed by atoms with Gasteiger partial charge in [0.1, 0.15) is 5.54 Å². The minimum absolute atomic E-state index is 0.106. The van der Waals surface area contributed by atoms with Crippen molar-refractivity contribution in [3.8, 4) is 0 Å².